The van der Waals surface area contributed by atoms with Gasteiger partial charge < -0.3 is 15.5 Å². The van der Waals surface area contributed by atoms with Gasteiger partial charge in [0, 0.05) is 11.6 Å². The van der Waals surface area contributed by atoms with Crippen molar-refractivity contribution in [1.82, 2.24) is 10.2 Å². The van der Waals surface area contributed by atoms with Gasteiger partial charge in [0.25, 0.3) is 0 Å². The third-order valence-corrected chi connectivity index (χ3v) is 4.59. The van der Waals surface area contributed by atoms with Gasteiger partial charge in [-0.1, -0.05) is 0 Å². The number of phenols is 1. The van der Waals surface area contributed by atoms with Crippen LogP contribution in [0.5, 0.6) is 5.75 Å². The molecule has 0 saturated heterocycles. The molecule has 0 radical (unpaired) electrons. The third-order valence-electron chi connectivity index (χ3n) is 4.59. The number of halogens is 3. The standard InChI is InChI=1S/C18H20F3N3O2/c1-9-4-11(18(19,20)21)6-13(25)15(9)16-10(2)5-14(23-24-16)22-12-7-17(3,26)8-12/h4-6,12,25-26H,7-8H2,1-3H3,(H,22,23)/t12-,17+. The molecule has 0 bridgehead atoms. The first kappa shape index (κ1) is 18.4. The third kappa shape index (κ3) is 3.60. The average molecular weight is 367 g/mol. The van der Waals surface area contributed by atoms with Crippen LogP contribution < -0.4 is 5.32 Å². The molecule has 1 aliphatic rings. The van der Waals surface area contributed by atoms with E-state index in [1.807, 2.05) is 0 Å². The number of aromatic nitrogens is 2. The van der Waals surface area contributed by atoms with Crippen molar-refractivity contribution in [1.29, 1.82) is 0 Å². The fraction of sp³-hybridized carbons (Fsp3) is 0.444. The average Bonchev–Trinajstić information content (AvgIpc) is 2.45. The minimum absolute atomic E-state index is 0.103. The highest BCUT2D eigenvalue weighted by Crippen LogP contribution is 2.39. The van der Waals surface area contributed by atoms with Crippen molar-refractivity contribution in [3.05, 3.63) is 34.9 Å². The Bertz CT molecular complexity index is 819. The normalized spacial score (nSPS) is 22.8. The molecule has 1 fully saturated rings. The molecule has 1 aromatic heterocycles. The summed E-state index contributed by atoms with van der Waals surface area (Å²) in [6.07, 6.45) is -3.32. The predicted molar refractivity (Wildman–Crippen MR) is 90.9 cm³/mol. The molecular formula is C18H20F3N3O2. The number of aromatic hydroxyl groups is 1. The smallest absolute Gasteiger partial charge is 0.416 e. The number of nitrogens with zero attached hydrogens (tertiary/aromatic N) is 2. The fourth-order valence-electron chi connectivity index (χ4n) is 3.36. The molecule has 1 heterocycles. The van der Waals surface area contributed by atoms with Crippen molar-refractivity contribution in [3.63, 3.8) is 0 Å². The SMILES string of the molecule is Cc1cc(N[C@H]2C[C@@](C)(O)C2)nnc1-c1c(C)cc(C(F)(F)F)cc1O. The number of nitrogens with one attached hydrogen (secondary N) is 1. The van der Waals surface area contributed by atoms with Crippen LogP contribution >= 0.6 is 0 Å². The molecule has 2 aromatic rings. The van der Waals surface area contributed by atoms with Crippen LogP contribution in [-0.4, -0.2) is 32.1 Å². The lowest BCUT2D eigenvalue weighted by atomic mass is 9.77. The predicted octanol–water partition coefficient (Wildman–Crippen LogP) is 3.81. The Morgan fingerprint density at radius 3 is 2.27 bits per heavy atom. The number of benzene rings is 1. The molecule has 0 unspecified atom stereocenters. The number of alkyl halides is 3. The topological polar surface area (TPSA) is 78.3 Å². The molecule has 0 spiro atoms. The van der Waals surface area contributed by atoms with E-state index in [1.165, 1.54) is 6.92 Å². The molecule has 3 N–H and O–H groups in total. The Balaban J connectivity index is 1.88. The Morgan fingerprint density at radius 1 is 1.12 bits per heavy atom. The monoisotopic (exact) mass is 367 g/mol. The summed E-state index contributed by atoms with van der Waals surface area (Å²) in [4.78, 5) is 0. The number of hydrogen-bond donors (Lipinski definition) is 3. The van der Waals surface area contributed by atoms with Gasteiger partial charge in [-0.25, -0.2) is 0 Å². The number of anilines is 1. The molecule has 8 heteroatoms. The minimum Gasteiger partial charge on any atom is -0.507 e. The zero-order valence-corrected chi connectivity index (χ0v) is 14.6. The van der Waals surface area contributed by atoms with E-state index in [0.717, 1.165) is 6.07 Å². The highest BCUT2D eigenvalue weighted by atomic mass is 19.4. The molecule has 3 rings (SSSR count). The minimum atomic E-state index is -4.53. The number of rotatable bonds is 3. The lowest BCUT2D eigenvalue weighted by Crippen LogP contribution is -2.48. The van der Waals surface area contributed by atoms with Crippen molar-refractivity contribution >= 4 is 5.82 Å². The first-order valence-corrected chi connectivity index (χ1v) is 8.21. The maximum Gasteiger partial charge on any atom is 0.416 e. The van der Waals surface area contributed by atoms with Crippen molar-refractivity contribution in [3.8, 4) is 17.0 Å². The van der Waals surface area contributed by atoms with Gasteiger partial charge in [-0.05, 0) is 62.9 Å². The molecule has 0 amide bonds. The van der Waals surface area contributed by atoms with Crippen LogP contribution in [0.3, 0.4) is 0 Å². The van der Waals surface area contributed by atoms with Gasteiger partial charge in [0.2, 0.25) is 0 Å². The largest absolute Gasteiger partial charge is 0.507 e. The van der Waals surface area contributed by atoms with E-state index in [0.29, 0.717) is 36.0 Å². The molecule has 5 nitrogen and oxygen atoms in total. The van der Waals surface area contributed by atoms with Gasteiger partial charge in [0.1, 0.15) is 11.6 Å². The van der Waals surface area contributed by atoms with Crippen molar-refractivity contribution < 1.29 is 23.4 Å². The maximum atomic E-state index is 12.9. The van der Waals surface area contributed by atoms with E-state index in [-0.39, 0.29) is 17.2 Å². The van der Waals surface area contributed by atoms with E-state index >= 15 is 0 Å². The molecule has 1 aliphatic carbocycles. The van der Waals surface area contributed by atoms with Crippen LogP contribution in [0.1, 0.15) is 36.5 Å². The summed E-state index contributed by atoms with van der Waals surface area (Å²) in [6, 6.07) is 3.52. The number of phenolic OH excluding ortho intramolecular Hbond substituents is 1. The first-order valence-electron chi connectivity index (χ1n) is 8.21. The van der Waals surface area contributed by atoms with Gasteiger partial charge in [-0.3, -0.25) is 0 Å². The highest BCUT2D eigenvalue weighted by molar-refractivity contribution is 5.74. The Labute approximate surface area is 148 Å². The van der Waals surface area contributed by atoms with Crippen LogP contribution in [-0.2, 0) is 6.18 Å². The second-order valence-corrected chi connectivity index (χ2v) is 7.19. The lowest BCUT2D eigenvalue weighted by molar-refractivity contribution is -0.137. The zero-order valence-electron chi connectivity index (χ0n) is 14.6. The molecule has 0 aliphatic heterocycles. The zero-order chi connectivity index (χ0) is 19.3. The second kappa shape index (κ2) is 6.12. The molecule has 0 atom stereocenters. The number of aryl methyl sites for hydroxylation is 2. The van der Waals surface area contributed by atoms with E-state index < -0.39 is 23.1 Å². The van der Waals surface area contributed by atoms with Gasteiger partial charge in [0.15, 0.2) is 0 Å². The van der Waals surface area contributed by atoms with Crippen molar-refractivity contribution in [2.24, 2.45) is 0 Å². The fourth-order valence-corrected chi connectivity index (χ4v) is 3.36. The molecule has 140 valence electrons. The van der Waals surface area contributed by atoms with Gasteiger partial charge in [-0.15, -0.1) is 10.2 Å². The second-order valence-electron chi connectivity index (χ2n) is 7.19. The quantitative estimate of drug-likeness (QED) is 0.769. The first-order chi connectivity index (χ1) is 12.0. The molecule has 26 heavy (non-hydrogen) atoms. The Kier molecular flexibility index (Phi) is 4.34. The highest BCUT2D eigenvalue weighted by Gasteiger charge is 2.38. The van der Waals surface area contributed by atoms with Crippen LogP contribution in [0.2, 0.25) is 0 Å². The van der Waals surface area contributed by atoms with Crippen LogP contribution in [0, 0.1) is 13.8 Å². The van der Waals surface area contributed by atoms with Crippen molar-refractivity contribution in [2.75, 3.05) is 5.32 Å². The van der Waals surface area contributed by atoms with E-state index in [9.17, 15) is 23.4 Å². The summed E-state index contributed by atoms with van der Waals surface area (Å²) in [7, 11) is 0. The lowest BCUT2D eigenvalue weighted by Gasteiger charge is -2.41. The van der Waals surface area contributed by atoms with Gasteiger partial charge in [0.05, 0.1) is 16.9 Å². The van der Waals surface area contributed by atoms with Gasteiger partial charge >= 0.3 is 6.18 Å². The summed E-state index contributed by atoms with van der Waals surface area (Å²) < 4.78 is 38.6. The van der Waals surface area contributed by atoms with E-state index in [2.05, 4.69) is 15.5 Å². The van der Waals surface area contributed by atoms with E-state index in [1.54, 1.807) is 19.9 Å². The summed E-state index contributed by atoms with van der Waals surface area (Å²) in [6.45, 7) is 5.01. The molecule has 1 aromatic carbocycles. The Hall–Kier alpha value is -2.35. The molecular weight excluding hydrogens is 347 g/mol. The summed E-state index contributed by atoms with van der Waals surface area (Å²) >= 11 is 0. The summed E-state index contributed by atoms with van der Waals surface area (Å²) in [5.74, 6) is 0.0429. The number of aliphatic hydroxyl groups is 1. The summed E-state index contributed by atoms with van der Waals surface area (Å²) in [5.41, 5.74) is -0.0566. The van der Waals surface area contributed by atoms with Crippen LogP contribution in [0.4, 0.5) is 19.0 Å². The van der Waals surface area contributed by atoms with E-state index in [4.69, 9.17) is 0 Å². The Morgan fingerprint density at radius 2 is 1.77 bits per heavy atom. The van der Waals surface area contributed by atoms with Crippen LogP contribution in [0.15, 0.2) is 18.2 Å². The summed E-state index contributed by atoms with van der Waals surface area (Å²) in [5, 5.41) is 31.2. The van der Waals surface area contributed by atoms with Crippen molar-refractivity contribution in [2.45, 2.75) is 51.4 Å². The van der Waals surface area contributed by atoms with Gasteiger partial charge in [-0.2, -0.15) is 13.2 Å². The maximum absolute atomic E-state index is 12.9. The van der Waals surface area contributed by atoms with Crippen LogP contribution in [0.25, 0.3) is 11.3 Å². The number of hydrogen-bond acceptors (Lipinski definition) is 5. The molecule has 1 saturated carbocycles.